The van der Waals surface area contributed by atoms with Gasteiger partial charge in [-0.3, -0.25) is 4.99 Å². The van der Waals surface area contributed by atoms with Gasteiger partial charge in [0.1, 0.15) is 0 Å². The molecule has 86 valence electrons. The van der Waals surface area contributed by atoms with E-state index in [1.54, 1.807) is 0 Å². The Morgan fingerprint density at radius 3 is 2.93 bits per heavy atom. The largest absolute Gasteiger partial charge is 0.376 e. The Balaban J connectivity index is 1.86. The van der Waals surface area contributed by atoms with Gasteiger partial charge in [0.25, 0.3) is 0 Å². The molecule has 0 radical (unpaired) electrons. The van der Waals surface area contributed by atoms with Gasteiger partial charge in [-0.2, -0.15) is 0 Å². The number of nitrogens with zero attached hydrogens (tertiary/aromatic N) is 1. The molecule has 1 N–H and O–H groups in total. The predicted molar refractivity (Wildman–Crippen MR) is 65.6 cm³/mol. The standard InChI is InChI=1S/C11H20N2OS/c1-9-4-7-15-10(13-9)12-8-11(14-2)5-3-6-11/h9H,3-8H2,1-2H3,(H,12,13). The first-order valence-electron chi connectivity index (χ1n) is 5.73. The Hall–Kier alpha value is -0.220. The van der Waals surface area contributed by atoms with Crippen molar-refractivity contribution in [2.75, 3.05) is 19.4 Å². The number of nitrogens with one attached hydrogen (secondary N) is 1. The van der Waals surface area contributed by atoms with Gasteiger partial charge >= 0.3 is 0 Å². The fourth-order valence-electron chi connectivity index (χ4n) is 1.96. The quantitative estimate of drug-likeness (QED) is 0.802. The summed E-state index contributed by atoms with van der Waals surface area (Å²) in [6.45, 7) is 3.04. The second-order valence-electron chi connectivity index (χ2n) is 4.54. The minimum absolute atomic E-state index is 0.0654. The van der Waals surface area contributed by atoms with E-state index in [1.807, 2.05) is 18.9 Å². The van der Waals surface area contributed by atoms with Crippen LogP contribution in [0.15, 0.2) is 4.99 Å². The Bertz CT molecular complexity index is 245. The highest BCUT2D eigenvalue weighted by molar-refractivity contribution is 8.13. The summed E-state index contributed by atoms with van der Waals surface area (Å²) in [5, 5.41) is 4.53. The van der Waals surface area contributed by atoms with Crippen LogP contribution in [0.2, 0.25) is 0 Å². The number of methoxy groups -OCH3 is 1. The molecule has 1 saturated carbocycles. The van der Waals surface area contributed by atoms with Crippen LogP contribution in [0.1, 0.15) is 32.6 Å². The maximum Gasteiger partial charge on any atom is 0.156 e. The van der Waals surface area contributed by atoms with Crippen molar-refractivity contribution in [3.05, 3.63) is 0 Å². The Kier molecular flexibility index (Phi) is 3.57. The van der Waals surface area contributed by atoms with Crippen molar-refractivity contribution < 1.29 is 4.74 Å². The molecule has 1 saturated heterocycles. The monoisotopic (exact) mass is 228 g/mol. The molecule has 1 aliphatic heterocycles. The van der Waals surface area contributed by atoms with E-state index in [-0.39, 0.29) is 5.60 Å². The molecule has 2 aliphatic rings. The van der Waals surface area contributed by atoms with Gasteiger partial charge in [-0.15, -0.1) is 0 Å². The van der Waals surface area contributed by atoms with Crippen LogP contribution < -0.4 is 5.32 Å². The average Bonchev–Trinajstić information content (AvgIpc) is 2.17. The van der Waals surface area contributed by atoms with Crippen molar-refractivity contribution in [2.45, 2.75) is 44.2 Å². The van der Waals surface area contributed by atoms with Crippen molar-refractivity contribution >= 4 is 16.9 Å². The van der Waals surface area contributed by atoms with Crippen LogP contribution >= 0.6 is 11.8 Å². The molecule has 2 fully saturated rings. The van der Waals surface area contributed by atoms with E-state index < -0.39 is 0 Å². The third-order valence-corrected chi connectivity index (χ3v) is 4.33. The SMILES string of the molecule is COC1(CN=C2NC(C)CCS2)CCC1. The Morgan fingerprint density at radius 2 is 2.40 bits per heavy atom. The van der Waals surface area contributed by atoms with Gasteiger partial charge in [-0.25, -0.2) is 0 Å². The smallest absolute Gasteiger partial charge is 0.156 e. The molecule has 0 amide bonds. The molecular weight excluding hydrogens is 208 g/mol. The molecule has 15 heavy (non-hydrogen) atoms. The maximum atomic E-state index is 5.55. The predicted octanol–water partition coefficient (Wildman–Crippen LogP) is 2.03. The summed E-state index contributed by atoms with van der Waals surface area (Å²) >= 11 is 1.84. The van der Waals surface area contributed by atoms with Gasteiger partial charge in [0.15, 0.2) is 5.17 Å². The van der Waals surface area contributed by atoms with E-state index in [2.05, 4.69) is 17.2 Å². The second-order valence-corrected chi connectivity index (χ2v) is 5.63. The van der Waals surface area contributed by atoms with E-state index in [0.717, 1.165) is 11.7 Å². The minimum atomic E-state index is 0.0654. The van der Waals surface area contributed by atoms with E-state index in [0.29, 0.717) is 6.04 Å². The lowest BCUT2D eigenvalue weighted by molar-refractivity contribution is -0.0629. The first-order chi connectivity index (χ1) is 7.24. The molecule has 2 rings (SSSR count). The molecule has 0 bridgehead atoms. The third-order valence-electron chi connectivity index (χ3n) is 3.37. The summed E-state index contributed by atoms with van der Waals surface area (Å²) in [5.41, 5.74) is 0.0654. The molecule has 1 heterocycles. The number of hydrogen-bond donors (Lipinski definition) is 1. The van der Waals surface area contributed by atoms with Gasteiger partial charge in [0, 0.05) is 18.9 Å². The summed E-state index contributed by atoms with van der Waals surface area (Å²) in [7, 11) is 1.81. The van der Waals surface area contributed by atoms with Crippen molar-refractivity contribution in [3.63, 3.8) is 0 Å². The zero-order valence-corrected chi connectivity index (χ0v) is 10.4. The molecule has 0 aromatic heterocycles. The molecule has 1 unspecified atom stereocenters. The van der Waals surface area contributed by atoms with E-state index >= 15 is 0 Å². The molecule has 0 spiro atoms. The molecule has 4 heteroatoms. The zero-order valence-electron chi connectivity index (χ0n) is 9.58. The summed E-state index contributed by atoms with van der Waals surface area (Å²) in [6, 6.07) is 0.574. The van der Waals surface area contributed by atoms with Crippen LogP contribution in [0.5, 0.6) is 0 Å². The summed E-state index contributed by atoms with van der Waals surface area (Å²) in [6.07, 6.45) is 4.86. The Labute approximate surface area is 96.1 Å². The van der Waals surface area contributed by atoms with Gasteiger partial charge < -0.3 is 10.1 Å². The fourth-order valence-corrected chi connectivity index (χ4v) is 3.07. The van der Waals surface area contributed by atoms with Crippen LogP contribution in [0, 0.1) is 0 Å². The van der Waals surface area contributed by atoms with E-state index in [4.69, 9.17) is 4.74 Å². The highest BCUT2D eigenvalue weighted by Gasteiger charge is 2.36. The molecule has 0 aromatic rings. The molecule has 1 aliphatic carbocycles. The average molecular weight is 228 g/mol. The normalized spacial score (nSPS) is 32.1. The number of thioether (sulfide) groups is 1. The van der Waals surface area contributed by atoms with Crippen molar-refractivity contribution in [1.29, 1.82) is 0 Å². The lowest BCUT2D eigenvalue weighted by Gasteiger charge is -2.39. The summed E-state index contributed by atoms with van der Waals surface area (Å²) < 4.78 is 5.55. The fraction of sp³-hybridized carbons (Fsp3) is 0.909. The third kappa shape index (κ3) is 2.67. The van der Waals surface area contributed by atoms with Crippen LogP contribution in [-0.2, 0) is 4.74 Å². The highest BCUT2D eigenvalue weighted by Crippen LogP contribution is 2.35. The number of hydrogen-bond acceptors (Lipinski definition) is 3. The maximum absolute atomic E-state index is 5.55. The molecule has 3 nitrogen and oxygen atoms in total. The van der Waals surface area contributed by atoms with Crippen molar-refractivity contribution in [2.24, 2.45) is 4.99 Å². The van der Waals surface area contributed by atoms with Gasteiger partial charge in [0.2, 0.25) is 0 Å². The first kappa shape index (κ1) is 11.3. The minimum Gasteiger partial charge on any atom is -0.376 e. The number of aliphatic imine (C=N–C) groups is 1. The Morgan fingerprint density at radius 1 is 1.60 bits per heavy atom. The zero-order chi connectivity index (χ0) is 10.7. The lowest BCUT2D eigenvalue weighted by atomic mass is 9.80. The summed E-state index contributed by atoms with van der Waals surface area (Å²) in [4.78, 5) is 4.64. The van der Waals surface area contributed by atoms with Gasteiger partial charge in [0.05, 0.1) is 12.1 Å². The van der Waals surface area contributed by atoms with E-state index in [9.17, 15) is 0 Å². The first-order valence-corrected chi connectivity index (χ1v) is 6.72. The van der Waals surface area contributed by atoms with Crippen molar-refractivity contribution in [1.82, 2.24) is 5.32 Å². The number of amidine groups is 1. The van der Waals surface area contributed by atoms with Gasteiger partial charge in [-0.05, 0) is 32.6 Å². The molecule has 0 aromatic carbocycles. The second kappa shape index (κ2) is 4.74. The van der Waals surface area contributed by atoms with Crippen LogP contribution in [-0.4, -0.2) is 36.2 Å². The topological polar surface area (TPSA) is 33.6 Å². The van der Waals surface area contributed by atoms with Gasteiger partial charge in [-0.1, -0.05) is 11.8 Å². The summed E-state index contributed by atoms with van der Waals surface area (Å²) in [5.74, 6) is 1.19. The molecular formula is C11H20N2OS. The lowest BCUT2D eigenvalue weighted by Crippen LogP contribution is -2.43. The van der Waals surface area contributed by atoms with Crippen molar-refractivity contribution in [3.8, 4) is 0 Å². The van der Waals surface area contributed by atoms with Crippen LogP contribution in [0.25, 0.3) is 0 Å². The molecule has 1 atom stereocenters. The highest BCUT2D eigenvalue weighted by atomic mass is 32.2. The van der Waals surface area contributed by atoms with Crippen LogP contribution in [0.3, 0.4) is 0 Å². The number of ether oxygens (including phenoxy) is 1. The van der Waals surface area contributed by atoms with E-state index in [1.165, 1.54) is 31.4 Å². The number of rotatable bonds is 3. The van der Waals surface area contributed by atoms with Crippen LogP contribution in [0.4, 0.5) is 0 Å².